The number of amides is 1. The SMILES string of the molecule is O=C(COc1ccc(F)cc1)Nc1cc(N2CCCCC2)ncn1. The third-order valence-corrected chi connectivity index (χ3v) is 3.78. The predicted octanol–water partition coefficient (Wildman–Crippen LogP) is 2.62. The molecule has 0 aliphatic carbocycles. The molecule has 2 heterocycles. The van der Waals surface area contributed by atoms with Crippen molar-refractivity contribution in [3.05, 3.63) is 42.5 Å². The van der Waals surface area contributed by atoms with Gasteiger partial charge >= 0.3 is 0 Å². The van der Waals surface area contributed by atoms with Crippen molar-refractivity contribution in [1.29, 1.82) is 0 Å². The molecule has 0 unspecified atom stereocenters. The smallest absolute Gasteiger partial charge is 0.263 e. The molecule has 126 valence electrons. The lowest BCUT2D eigenvalue weighted by Gasteiger charge is -2.27. The van der Waals surface area contributed by atoms with Crippen LogP contribution >= 0.6 is 0 Å². The second-order valence-electron chi connectivity index (χ2n) is 5.60. The molecule has 1 aliphatic heterocycles. The van der Waals surface area contributed by atoms with Crippen LogP contribution in [0.5, 0.6) is 5.75 Å². The van der Waals surface area contributed by atoms with E-state index in [1.54, 1.807) is 6.07 Å². The third kappa shape index (κ3) is 4.41. The Morgan fingerprint density at radius 3 is 2.67 bits per heavy atom. The van der Waals surface area contributed by atoms with Gasteiger partial charge in [0.25, 0.3) is 5.91 Å². The Bertz CT molecular complexity index is 687. The van der Waals surface area contributed by atoms with Gasteiger partial charge in [-0.15, -0.1) is 0 Å². The van der Waals surface area contributed by atoms with Crippen LogP contribution in [0, 0.1) is 5.82 Å². The molecule has 0 saturated carbocycles. The molecule has 0 spiro atoms. The van der Waals surface area contributed by atoms with Gasteiger partial charge in [-0.2, -0.15) is 0 Å². The zero-order chi connectivity index (χ0) is 16.8. The molecule has 1 aliphatic rings. The zero-order valence-electron chi connectivity index (χ0n) is 13.2. The molecule has 0 bridgehead atoms. The molecular formula is C17H19FN4O2. The van der Waals surface area contributed by atoms with E-state index in [-0.39, 0.29) is 18.3 Å². The number of ether oxygens (including phenoxy) is 1. The number of piperidine rings is 1. The van der Waals surface area contributed by atoms with E-state index in [9.17, 15) is 9.18 Å². The Kier molecular flexibility index (Phi) is 5.20. The fraction of sp³-hybridized carbons (Fsp3) is 0.353. The number of halogens is 1. The van der Waals surface area contributed by atoms with Crippen LogP contribution in [0.2, 0.25) is 0 Å². The maximum Gasteiger partial charge on any atom is 0.263 e. The summed E-state index contributed by atoms with van der Waals surface area (Å²) in [7, 11) is 0. The summed E-state index contributed by atoms with van der Waals surface area (Å²) >= 11 is 0. The van der Waals surface area contributed by atoms with Gasteiger partial charge in [-0.1, -0.05) is 0 Å². The van der Waals surface area contributed by atoms with Crippen molar-refractivity contribution in [1.82, 2.24) is 9.97 Å². The van der Waals surface area contributed by atoms with E-state index in [1.807, 2.05) is 0 Å². The normalized spacial score (nSPS) is 14.3. The average molecular weight is 330 g/mol. The van der Waals surface area contributed by atoms with Crippen LogP contribution in [0.4, 0.5) is 16.0 Å². The van der Waals surface area contributed by atoms with Gasteiger partial charge in [0.15, 0.2) is 6.61 Å². The Labute approximate surface area is 139 Å². The molecule has 0 atom stereocenters. The van der Waals surface area contributed by atoms with Gasteiger partial charge in [0.2, 0.25) is 0 Å². The van der Waals surface area contributed by atoms with Gasteiger partial charge in [-0.3, -0.25) is 4.79 Å². The molecule has 1 fully saturated rings. The fourth-order valence-corrected chi connectivity index (χ4v) is 2.57. The highest BCUT2D eigenvalue weighted by Gasteiger charge is 2.13. The van der Waals surface area contributed by atoms with Crippen molar-refractivity contribution in [2.45, 2.75) is 19.3 Å². The Balaban J connectivity index is 1.55. The highest BCUT2D eigenvalue weighted by Crippen LogP contribution is 2.19. The van der Waals surface area contributed by atoms with Gasteiger partial charge in [-0.05, 0) is 43.5 Å². The molecule has 1 aromatic carbocycles. The Hall–Kier alpha value is -2.70. The lowest BCUT2D eigenvalue weighted by atomic mass is 10.1. The minimum absolute atomic E-state index is 0.172. The molecule has 1 N–H and O–H groups in total. The Morgan fingerprint density at radius 1 is 1.17 bits per heavy atom. The van der Waals surface area contributed by atoms with E-state index in [0.29, 0.717) is 11.6 Å². The van der Waals surface area contributed by atoms with Crippen LogP contribution in [-0.2, 0) is 4.79 Å². The standard InChI is InChI=1S/C17H19FN4O2/c18-13-4-6-14(7-5-13)24-11-17(23)21-15-10-16(20-12-19-15)22-8-2-1-3-9-22/h4-7,10,12H,1-3,8-9,11H2,(H,19,20,21,23). The lowest BCUT2D eigenvalue weighted by molar-refractivity contribution is -0.118. The van der Waals surface area contributed by atoms with Crippen LogP contribution in [-0.4, -0.2) is 35.6 Å². The number of anilines is 2. The number of benzene rings is 1. The number of hydrogen-bond acceptors (Lipinski definition) is 5. The number of carbonyl (C=O) groups excluding carboxylic acids is 1. The predicted molar refractivity (Wildman–Crippen MR) is 88.6 cm³/mol. The van der Waals surface area contributed by atoms with E-state index in [2.05, 4.69) is 20.2 Å². The Morgan fingerprint density at radius 2 is 1.92 bits per heavy atom. The second kappa shape index (κ2) is 7.72. The van der Waals surface area contributed by atoms with E-state index >= 15 is 0 Å². The first-order valence-electron chi connectivity index (χ1n) is 7.96. The molecule has 1 aromatic heterocycles. The summed E-state index contributed by atoms with van der Waals surface area (Å²) in [5.74, 6) is 1.02. The first kappa shape index (κ1) is 16.2. The number of nitrogens with zero attached hydrogens (tertiary/aromatic N) is 3. The number of nitrogens with one attached hydrogen (secondary N) is 1. The van der Waals surface area contributed by atoms with Crippen molar-refractivity contribution in [3.63, 3.8) is 0 Å². The minimum atomic E-state index is -0.349. The number of hydrogen-bond donors (Lipinski definition) is 1. The summed E-state index contributed by atoms with van der Waals surface area (Å²) < 4.78 is 18.1. The first-order chi connectivity index (χ1) is 11.7. The van der Waals surface area contributed by atoms with Crippen LogP contribution in [0.25, 0.3) is 0 Å². The van der Waals surface area contributed by atoms with Crippen LogP contribution in [0.15, 0.2) is 36.7 Å². The quantitative estimate of drug-likeness (QED) is 0.913. The van der Waals surface area contributed by atoms with E-state index < -0.39 is 0 Å². The van der Waals surface area contributed by atoms with Gasteiger partial charge < -0.3 is 15.0 Å². The topological polar surface area (TPSA) is 67.3 Å². The number of aromatic nitrogens is 2. The molecular weight excluding hydrogens is 311 g/mol. The lowest BCUT2D eigenvalue weighted by Crippen LogP contribution is -2.30. The minimum Gasteiger partial charge on any atom is -0.484 e. The summed E-state index contributed by atoms with van der Waals surface area (Å²) in [6, 6.07) is 7.27. The van der Waals surface area contributed by atoms with Gasteiger partial charge in [0, 0.05) is 19.2 Å². The largest absolute Gasteiger partial charge is 0.484 e. The first-order valence-corrected chi connectivity index (χ1v) is 7.96. The average Bonchev–Trinajstić information content (AvgIpc) is 2.62. The van der Waals surface area contributed by atoms with Crippen molar-refractivity contribution < 1.29 is 13.9 Å². The molecule has 3 rings (SSSR count). The highest BCUT2D eigenvalue weighted by atomic mass is 19.1. The molecule has 1 amide bonds. The summed E-state index contributed by atoms with van der Waals surface area (Å²) in [6.07, 6.45) is 4.99. The van der Waals surface area contributed by atoms with Crippen molar-refractivity contribution in [2.24, 2.45) is 0 Å². The van der Waals surface area contributed by atoms with Crippen molar-refractivity contribution >= 4 is 17.5 Å². The van der Waals surface area contributed by atoms with E-state index in [1.165, 1.54) is 37.0 Å². The molecule has 2 aromatic rings. The van der Waals surface area contributed by atoms with Crippen LogP contribution in [0.3, 0.4) is 0 Å². The molecule has 24 heavy (non-hydrogen) atoms. The molecule has 1 saturated heterocycles. The van der Waals surface area contributed by atoms with Crippen LogP contribution in [0.1, 0.15) is 19.3 Å². The molecule has 0 radical (unpaired) electrons. The van der Waals surface area contributed by atoms with Gasteiger partial charge in [0.1, 0.15) is 29.5 Å². The summed E-state index contributed by atoms with van der Waals surface area (Å²) in [6.45, 7) is 1.77. The highest BCUT2D eigenvalue weighted by molar-refractivity contribution is 5.91. The number of carbonyl (C=O) groups is 1. The second-order valence-corrected chi connectivity index (χ2v) is 5.60. The maximum absolute atomic E-state index is 12.8. The summed E-state index contributed by atoms with van der Waals surface area (Å²) in [5.41, 5.74) is 0. The van der Waals surface area contributed by atoms with Crippen molar-refractivity contribution in [2.75, 3.05) is 29.9 Å². The fourth-order valence-electron chi connectivity index (χ4n) is 2.57. The van der Waals surface area contributed by atoms with E-state index in [4.69, 9.17) is 4.74 Å². The third-order valence-electron chi connectivity index (χ3n) is 3.78. The number of rotatable bonds is 5. The zero-order valence-corrected chi connectivity index (χ0v) is 13.2. The molecule has 7 heteroatoms. The maximum atomic E-state index is 12.8. The van der Waals surface area contributed by atoms with Crippen LogP contribution < -0.4 is 15.0 Å². The van der Waals surface area contributed by atoms with Gasteiger partial charge in [-0.25, -0.2) is 14.4 Å². The monoisotopic (exact) mass is 330 g/mol. The van der Waals surface area contributed by atoms with E-state index in [0.717, 1.165) is 31.7 Å². The molecule has 6 nitrogen and oxygen atoms in total. The van der Waals surface area contributed by atoms with Gasteiger partial charge in [0.05, 0.1) is 0 Å². The van der Waals surface area contributed by atoms with Crippen molar-refractivity contribution in [3.8, 4) is 5.75 Å². The summed E-state index contributed by atoms with van der Waals surface area (Å²) in [4.78, 5) is 22.5. The summed E-state index contributed by atoms with van der Waals surface area (Å²) in [5, 5.41) is 2.69.